The SMILES string of the molecule is COc1cc(P(=O)(C2CC2)C2CC2)ccc1NCC#Cc1sc2c(N[C@@H]3CCN(C)C[C@@H]3F)cccc2c1CC(F)(F)F. The van der Waals surface area contributed by atoms with Crippen LogP contribution < -0.4 is 20.7 Å². The number of rotatable bonds is 9. The van der Waals surface area contributed by atoms with Crippen LogP contribution in [0.5, 0.6) is 5.75 Å². The first-order valence-electron chi connectivity index (χ1n) is 14.8. The molecule has 6 rings (SSSR count). The van der Waals surface area contributed by atoms with Gasteiger partial charge in [0.25, 0.3) is 0 Å². The number of anilines is 2. The van der Waals surface area contributed by atoms with Crippen molar-refractivity contribution in [1.82, 2.24) is 4.90 Å². The Bertz CT molecular complexity index is 1590. The van der Waals surface area contributed by atoms with E-state index in [1.54, 1.807) is 25.3 Å². The van der Waals surface area contributed by atoms with Crippen LogP contribution in [0.25, 0.3) is 10.1 Å². The molecule has 1 saturated heterocycles. The molecule has 2 atom stereocenters. The van der Waals surface area contributed by atoms with E-state index in [0.29, 0.717) is 56.4 Å². The Morgan fingerprint density at radius 1 is 1.09 bits per heavy atom. The maximum absolute atomic E-state index is 14.7. The number of hydrogen-bond acceptors (Lipinski definition) is 6. The van der Waals surface area contributed by atoms with Gasteiger partial charge in [-0.15, -0.1) is 11.3 Å². The molecular weight excluding hydrogens is 597 g/mol. The zero-order valence-electron chi connectivity index (χ0n) is 24.3. The summed E-state index contributed by atoms with van der Waals surface area (Å²) in [5.74, 6) is 6.54. The molecule has 1 aromatic heterocycles. The molecule has 2 aromatic carbocycles. The molecule has 0 unspecified atom stereocenters. The Morgan fingerprint density at radius 3 is 2.49 bits per heavy atom. The van der Waals surface area contributed by atoms with Gasteiger partial charge in [0.15, 0.2) is 0 Å². The molecular formula is C32H36F4N3O2PS. The van der Waals surface area contributed by atoms with Gasteiger partial charge in [-0.25, -0.2) is 4.39 Å². The topological polar surface area (TPSA) is 53.6 Å². The van der Waals surface area contributed by atoms with Crippen LogP contribution in [0.2, 0.25) is 0 Å². The summed E-state index contributed by atoms with van der Waals surface area (Å²) in [7, 11) is 1.00. The minimum Gasteiger partial charge on any atom is -0.495 e. The Labute approximate surface area is 253 Å². The van der Waals surface area contributed by atoms with Gasteiger partial charge in [-0.1, -0.05) is 24.0 Å². The van der Waals surface area contributed by atoms with Gasteiger partial charge in [-0.05, 0) is 74.4 Å². The summed E-state index contributed by atoms with van der Waals surface area (Å²) in [6.07, 6.45) is -1.88. The molecule has 2 saturated carbocycles. The fourth-order valence-electron chi connectivity index (χ4n) is 6.12. The lowest BCUT2D eigenvalue weighted by molar-refractivity contribution is -0.126. The average Bonchev–Trinajstić information content (AvgIpc) is 3.89. The van der Waals surface area contributed by atoms with E-state index in [9.17, 15) is 22.1 Å². The van der Waals surface area contributed by atoms with Crippen LogP contribution in [-0.2, 0) is 11.0 Å². The molecule has 2 aliphatic carbocycles. The van der Waals surface area contributed by atoms with Crippen molar-refractivity contribution in [2.24, 2.45) is 0 Å². The average molecular weight is 634 g/mol. The minimum absolute atomic E-state index is 0.140. The van der Waals surface area contributed by atoms with E-state index >= 15 is 0 Å². The second-order valence-corrected chi connectivity index (χ2v) is 16.3. The van der Waals surface area contributed by atoms with Crippen molar-refractivity contribution in [1.29, 1.82) is 0 Å². The van der Waals surface area contributed by atoms with Gasteiger partial charge in [0, 0.05) is 29.7 Å². The zero-order valence-corrected chi connectivity index (χ0v) is 26.0. The first-order chi connectivity index (χ1) is 20.6. The summed E-state index contributed by atoms with van der Waals surface area (Å²) in [5, 5.41) is 7.84. The number of nitrogens with zero attached hydrogens (tertiary/aromatic N) is 1. The number of likely N-dealkylation sites (tertiary alicyclic amines) is 1. The highest BCUT2D eigenvalue weighted by Gasteiger charge is 2.51. The van der Waals surface area contributed by atoms with Crippen molar-refractivity contribution < 1.29 is 26.9 Å². The second-order valence-electron chi connectivity index (χ2n) is 11.9. The van der Waals surface area contributed by atoms with Gasteiger partial charge < -0.3 is 24.8 Å². The zero-order chi connectivity index (χ0) is 30.4. The van der Waals surface area contributed by atoms with E-state index in [1.807, 2.05) is 30.1 Å². The van der Waals surface area contributed by atoms with Crippen molar-refractivity contribution in [3.8, 4) is 17.6 Å². The van der Waals surface area contributed by atoms with Gasteiger partial charge >= 0.3 is 6.18 Å². The normalized spacial score (nSPS) is 21.3. The van der Waals surface area contributed by atoms with E-state index < -0.39 is 32.0 Å². The van der Waals surface area contributed by atoms with Crippen molar-refractivity contribution in [2.45, 2.75) is 68.2 Å². The molecule has 0 spiro atoms. The largest absolute Gasteiger partial charge is 0.495 e. The number of halogens is 4. The van der Waals surface area contributed by atoms with Crippen molar-refractivity contribution in [2.75, 3.05) is 44.4 Å². The van der Waals surface area contributed by atoms with Gasteiger partial charge in [0.1, 0.15) is 19.1 Å². The molecule has 3 aliphatic rings. The lowest BCUT2D eigenvalue weighted by Gasteiger charge is -2.33. The summed E-state index contributed by atoms with van der Waals surface area (Å²) >= 11 is 1.20. The van der Waals surface area contributed by atoms with E-state index in [1.165, 1.54) is 11.3 Å². The molecule has 0 radical (unpaired) electrons. The van der Waals surface area contributed by atoms with Crippen LogP contribution in [-0.4, -0.2) is 68.4 Å². The number of ether oxygens (including phenoxy) is 1. The maximum atomic E-state index is 14.7. The molecule has 5 nitrogen and oxygen atoms in total. The molecule has 1 aliphatic heterocycles. The van der Waals surface area contributed by atoms with Crippen LogP contribution in [0.15, 0.2) is 36.4 Å². The summed E-state index contributed by atoms with van der Waals surface area (Å²) in [5.41, 5.74) is 2.05. The van der Waals surface area contributed by atoms with E-state index in [-0.39, 0.29) is 12.1 Å². The van der Waals surface area contributed by atoms with Crippen LogP contribution in [0.1, 0.15) is 42.5 Å². The number of piperidine rings is 1. The number of fused-ring (bicyclic) bond motifs is 1. The van der Waals surface area contributed by atoms with E-state index in [2.05, 4.69) is 22.5 Å². The Hall–Kier alpha value is -2.73. The number of nitrogens with one attached hydrogen (secondary N) is 2. The summed E-state index contributed by atoms with van der Waals surface area (Å²) < 4.78 is 75.8. The first-order valence-corrected chi connectivity index (χ1v) is 17.4. The summed E-state index contributed by atoms with van der Waals surface area (Å²) in [4.78, 5) is 2.28. The molecule has 11 heteroatoms. The van der Waals surface area contributed by atoms with Gasteiger partial charge in [0.2, 0.25) is 0 Å². The fraction of sp³-hybridized carbons (Fsp3) is 0.500. The molecule has 3 aromatic rings. The number of thiophene rings is 1. The van der Waals surface area contributed by atoms with E-state index in [4.69, 9.17) is 4.74 Å². The van der Waals surface area contributed by atoms with Gasteiger partial charge in [0.05, 0.1) is 47.1 Å². The van der Waals surface area contributed by atoms with Crippen LogP contribution in [0.3, 0.4) is 0 Å². The lowest BCUT2D eigenvalue weighted by atomic mass is 10.0. The smallest absolute Gasteiger partial charge is 0.393 e. The molecule has 0 amide bonds. The van der Waals surface area contributed by atoms with Gasteiger partial charge in [-0.2, -0.15) is 13.2 Å². The highest BCUT2D eigenvalue weighted by atomic mass is 32.1. The van der Waals surface area contributed by atoms with Crippen LogP contribution in [0, 0.1) is 11.8 Å². The van der Waals surface area contributed by atoms with Crippen LogP contribution >= 0.6 is 18.5 Å². The van der Waals surface area contributed by atoms with Gasteiger partial charge in [-0.3, -0.25) is 0 Å². The summed E-state index contributed by atoms with van der Waals surface area (Å²) in [6, 6.07) is 10.4. The number of methoxy groups -OCH3 is 1. The molecule has 43 heavy (non-hydrogen) atoms. The standard InChI is InChI=1S/C32H36F4N3O2PS/c1-39-16-14-26(25(33)19-39)38-28-6-3-5-23-24(18-32(34,35)36)30(43-31(23)28)7-4-15-37-27-13-12-22(17-29(27)41-2)42(40,20-8-9-20)21-10-11-21/h3,5-6,12-13,17,20-21,25-26,37-38H,8-11,14-16,18-19H2,1-2H3/t25-,26+/m0/s1. The minimum atomic E-state index is -4.40. The Balaban J connectivity index is 1.23. The second kappa shape index (κ2) is 12.0. The quantitative estimate of drug-likeness (QED) is 0.148. The number of benzene rings is 2. The first kappa shape index (κ1) is 30.3. The third kappa shape index (κ3) is 6.55. The predicted molar refractivity (Wildman–Crippen MR) is 168 cm³/mol. The molecule has 2 heterocycles. The third-order valence-corrected chi connectivity index (χ3v) is 14.1. The maximum Gasteiger partial charge on any atom is 0.393 e. The molecule has 0 bridgehead atoms. The molecule has 2 N–H and O–H groups in total. The lowest BCUT2D eigenvalue weighted by Crippen LogP contribution is -2.46. The molecule has 230 valence electrons. The monoisotopic (exact) mass is 633 g/mol. The fourth-order valence-corrected chi connectivity index (χ4v) is 11.2. The van der Waals surface area contributed by atoms with Crippen molar-refractivity contribution in [3.63, 3.8) is 0 Å². The highest BCUT2D eigenvalue weighted by molar-refractivity contribution is 7.73. The summed E-state index contributed by atoms with van der Waals surface area (Å²) in [6.45, 7) is 1.24. The number of hydrogen-bond donors (Lipinski definition) is 2. The van der Waals surface area contributed by atoms with Crippen LogP contribution in [0.4, 0.5) is 28.9 Å². The Morgan fingerprint density at radius 2 is 1.84 bits per heavy atom. The van der Waals surface area contributed by atoms with Crippen molar-refractivity contribution >= 4 is 45.2 Å². The number of alkyl halides is 4. The van der Waals surface area contributed by atoms with Crippen molar-refractivity contribution in [3.05, 3.63) is 46.8 Å². The predicted octanol–water partition coefficient (Wildman–Crippen LogP) is 7.25. The molecule has 3 fully saturated rings. The highest BCUT2D eigenvalue weighted by Crippen LogP contribution is 2.69. The third-order valence-electron chi connectivity index (χ3n) is 8.62. The van der Waals surface area contributed by atoms with E-state index in [0.717, 1.165) is 37.5 Å². The Kier molecular flexibility index (Phi) is 8.45.